The largest absolute Gasteiger partial charge is 0.420 e. The number of carbonyl (C=O) groups excluding carboxylic acids is 1. The lowest BCUT2D eigenvalue weighted by Crippen LogP contribution is -2.11. The van der Waals surface area contributed by atoms with Crippen LogP contribution in [0.25, 0.3) is 21.8 Å². The van der Waals surface area contributed by atoms with E-state index in [9.17, 15) is 9.18 Å². The van der Waals surface area contributed by atoms with Crippen molar-refractivity contribution < 1.29 is 13.9 Å². The van der Waals surface area contributed by atoms with Gasteiger partial charge in [0.15, 0.2) is 5.75 Å². The summed E-state index contributed by atoms with van der Waals surface area (Å²) in [6, 6.07) is 16.6. The van der Waals surface area contributed by atoms with E-state index in [1.807, 2.05) is 36.4 Å². The fraction of sp³-hybridized carbons (Fsp3) is 0. The number of aromatic nitrogens is 1. The van der Waals surface area contributed by atoms with Gasteiger partial charge in [0.1, 0.15) is 5.82 Å². The number of ether oxygens (including phenoxy) is 1. The minimum absolute atomic E-state index is 0.0778. The molecule has 0 saturated heterocycles. The maximum Gasteiger partial charge on any atom is 0.345 e. The van der Waals surface area contributed by atoms with Crippen molar-refractivity contribution in [3.63, 3.8) is 0 Å². The summed E-state index contributed by atoms with van der Waals surface area (Å²) in [5.74, 6) is -1.33. The van der Waals surface area contributed by atoms with Gasteiger partial charge in [0.2, 0.25) is 0 Å². The Labute approximate surface area is 157 Å². The van der Waals surface area contributed by atoms with Crippen molar-refractivity contribution in [3.8, 4) is 5.75 Å². The molecule has 0 bridgehead atoms. The van der Waals surface area contributed by atoms with Gasteiger partial charge < -0.3 is 4.74 Å². The zero-order chi connectivity index (χ0) is 18.3. The average molecular weight is 386 g/mol. The van der Waals surface area contributed by atoms with E-state index < -0.39 is 11.8 Å². The van der Waals surface area contributed by atoms with E-state index in [1.54, 1.807) is 12.1 Å². The van der Waals surface area contributed by atoms with Crippen molar-refractivity contribution in [2.75, 3.05) is 0 Å². The number of esters is 1. The lowest BCUT2D eigenvalue weighted by molar-refractivity contribution is 0.0739. The summed E-state index contributed by atoms with van der Waals surface area (Å²) in [5.41, 5.74) is 1.67. The molecule has 4 aromatic rings. The van der Waals surface area contributed by atoms with Crippen LogP contribution in [0.5, 0.6) is 5.75 Å². The van der Waals surface area contributed by atoms with Crippen LogP contribution in [-0.4, -0.2) is 11.0 Å². The molecule has 0 aliphatic carbocycles. The Kier molecular flexibility index (Phi) is 4.23. The molecule has 0 radical (unpaired) electrons. The predicted octanol–water partition coefficient (Wildman–Crippen LogP) is 6.05. The molecule has 128 valence electrons. The third-order valence-corrected chi connectivity index (χ3v) is 4.51. The van der Waals surface area contributed by atoms with E-state index in [0.717, 1.165) is 12.1 Å². The molecule has 0 aliphatic heterocycles. The lowest BCUT2D eigenvalue weighted by atomic mass is 10.0. The third-order valence-electron chi connectivity index (χ3n) is 3.95. The topological polar surface area (TPSA) is 39.2 Å². The van der Waals surface area contributed by atoms with Gasteiger partial charge in [-0.3, -0.25) is 0 Å². The standard InChI is InChI=1S/C20H10Cl2FNO2/c21-14-9-11(23)10-15(22)19(14)26-20(25)18-12-5-1-3-7-16(12)24-17-8-4-2-6-13(17)18/h1-10H. The number of pyridine rings is 1. The van der Waals surface area contributed by atoms with Gasteiger partial charge in [-0.25, -0.2) is 14.2 Å². The van der Waals surface area contributed by atoms with E-state index >= 15 is 0 Å². The van der Waals surface area contributed by atoms with Crippen LogP contribution in [0.3, 0.4) is 0 Å². The summed E-state index contributed by atoms with van der Waals surface area (Å²) >= 11 is 12.0. The van der Waals surface area contributed by atoms with Gasteiger partial charge >= 0.3 is 5.97 Å². The van der Waals surface area contributed by atoms with Crippen molar-refractivity contribution >= 4 is 51.0 Å². The molecule has 6 heteroatoms. The highest BCUT2D eigenvalue weighted by atomic mass is 35.5. The number of hydrogen-bond donors (Lipinski definition) is 0. The second-order valence-corrected chi connectivity index (χ2v) is 6.42. The Morgan fingerprint density at radius 3 is 1.92 bits per heavy atom. The molecule has 0 fully saturated rings. The zero-order valence-corrected chi connectivity index (χ0v) is 14.7. The minimum atomic E-state index is -0.643. The monoisotopic (exact) mass is 385 g/mol. The summed E-state index contributed by atoms with van der Waals surface area (Å²) in [7, 11) is 0. The number of carbonyl (C=O) groups is 1. The molecule has 26 heavy (non-hydrogen) atoms. The SMILES string of the molecule is O=C(Oc1c(Cl)cc(F)cc1Cl)c1c2ccccc2nc2ccccc12. The van der Waals surface area contributed by atoms with Crippen LogP contribution in [0.2, 0.25) is 10.0 Å². The second-order valence-electron chi connectivity index (χ2n) is 5.61. The smallest absolute Gasteiger partial charge is 0.345 e. The van der Waals surface area contributed by atoms with Gasteiger partial charge in [0.05, 0.1) is 26.6 Å². The first-order chi connectivity index (χ1) is 12.5. The van der Waals surface area contributed by atoms with Gasteiger partial charge in [-0.15, -0.1) is 0 Å². The summed E-state index contributed by atoms with van der Waals surface area (Å²) in [5, 5.41) is 1.13. The highest BCUT2D eigenvalue weighted by Gasteiger charge is 2.20. The number of nitrogens with zero attached hydrogens (tertiary/aromatic N) is 1. The van der Waals surface area contributed by atoms with Gasteiger partial charge in [-0.2, -0.15) is 0 Å². The Bertz CT molecular complexity index is 1100. The molecule has 0 atom stereocenters. The quantitative estimate of drug-likeness (QED) is 0.239. The Hall–Kier alpha value is -2.69. The van der Waals surface area contributed by atoms with Crippen molar-refractivity contribution in [1.82, 2.24) is 4.98 Å². The summed E-state index contributed by atoms with van der Waals surface area (Å²) in [6.07, 6.45) is 0. The average Bonchev–Trinajstić information content (AvgIpc) is 2.62. The molecule has 0 amide bonds. The molecule has 0 unspecified atom stereocenters. The molecule has 3 nitrogen and oxygen atoms in total. The first-order valence-corrected chi connectivity index (χ1v) is 8.44. The zero-order valence-electron chi connectivity index (χ0n) is 13.2. The van der Waals surface area contributed by atoms with Crippen LogP contribution >= 0.6 is 23.2 Å². The molecular weight excluding hydrogens is 376 g/mol. The molecule has 0 N–H and O–H groups in total. The van der Waals surface area contributed by atoms with E-state index in [1.165, 1.54) is 0 Å². The second kappa shape index (κ2) is 6.56. The summed E-state index contributed by atoms with van der Waals surface area (Å²) in [6.45, 7) is 0. The molecule has 0 saturated carbocycles. The molecule has 0 spiro atoms. The summed E-state index contributed by atoms with van der Waals surface area (Å²) in [4.78, 5) is 17.5. The third kappa shape index (κ3) is 2.87. The maximum atomic E-state index is 13.4. The first kappa shape index (κ1) is 16.8. The van der Waals surface area contributed by atoms with Crippen LogP contribution in [0, 0.1) is 5.82 Å². The normalized spacial score (nSPS) is 11.0. The van der Waals surface area contributed by atoms with E-state index in [0.29, 0.717) is 27.4 Å². The highest BCUT2D eigenvalue weighted by molar-refractivity contribution is 6.37. The van der Waals surface area contributed by atoms with Crippen LogP contribution in [0.4, 0.5) is 4.39 Å². The van der Waals surface area contributed by atoms with Crippen molar-refractivity contribution in [2.45, 2.75) is 0 Å². The number of benzene rings is 3. The molecule has 1 aromatic heterocycles. The van der Waals surface area contributed by atoms with Crippen LogP contribution in [0.1, 0.15) is 10.4 Å². The first-order valence-electron chi connectivity index (χ1n) is 7.69. The number of halogens is 3. The molecule has 1 heterocycles. The van der Waals surface area contributed by atoms with E-state index in [2.05, 4.69) is 4.98 Å². The minimum Gasteiger partial charge on any atom is -0.420 e. The summed E-state index contributed by atoms with van der Waals surface area (Å²) < 4.78 is 18.8. The van der Waals surface area contributed by atoms with Gasteiger partial charge in [0, 0.05) is 10.8 Å². The molecule has 3 aromatic carbocycles. The van der Waals surface area contributed by atoms with Crippen LogP contribution in [-0.2, 0) is 0 Å². The van der Waals surface area contributed by atoms with Crippen molar-refractivity contribution in [1.29, 1.82) is 0 Å². The Morgan fingerprint density at radius 2 is 1.38 bits per heavy atom. The van der Waals surface area contributed by atoms with Gasteiger partial charge in [-0.05, 0) is 24.3 Å². The maximum absolute atomic E-state index is 13.4. The number of para-hydroxylation sites is 2. The van der Waals surface area contributed by atoms with Crippen LogP contribution < -0.4 is 4.74 Å². The molecule has 4 rings (SSSR count). The number of hydrogen-bond acceptors (Lipinski definition) is 3. The van der Waals surface area contributed by atoms with Crippen molar-refractivity contribution in [3.05, 3.63) is 82.1 Å². The lowest BCUT2D eigenvalue weighted by Gasteiger charge is -2.12. The molecular formula is C20H10Cl2FNO2. The number of fused-ring (bicyclic) bond motifs is 2. The fourth-order valence-electron chi connectivity index (χ4n) is 2.83. The Balaban J connectivity index is 1.91. The Morgan fingerprint density at radius 1 is 0.885 bits per heavy atom. The number of rotatable bonds is 2. The van der Waals surface area contributed by atoms with Gasteiger partial charge in [0.25, 0.3) is 0 Å². The van der Waals surface area contributed by atoms with Crippen LogP contribution in [0.15, 0.2) is 60.7 Å². The highest BCUT2D eigenvalue weighted by Crippen LogP contribution is 2.35. The van der Waals surface area contributed by atoms with Crippen molar-refractivity contribution in [2.24, 2.45) is 0 Å². The predicted molar refractivity (Wildman–Crippen MR) is 101 cm³/mol. The fourth-order valence-corrected chi connectivity index (χ4v) is 3.37. The van der Waals surface area contributed by atoms with E-state index in [-0.39, 0.29) is 15.8 Å². The van der Waals surface area contributed by atoms with Gasteiger partial charge in [-0.1, -0.05) is 59.6 Å². The molecule has 0 aliphatic rings. The van der Waals surface area contributed by atoms with E-state index in [4.69, 9.17) is 27.9 Å².